The molecule has 0 rings (SSSR count). The summed E-state index contributed by atoms with van der Waals surface area (Å²) in [7, 11) is -4.67. The fourth-order valence-electron chi connectivity index (χ4n) is 0. The van der Waals surface area contributed by atoms with Crippen molar-refractivity contribution in [2.24, 2.45) is 0 Å². The molecule has 0 unspecified atom stereocenters. The van der Waals surface area contributed by atoms with E-state index in [2.05, 4.69) is 0 Å². The van der Waals surface area contributed by atoms with Gasteiger partial charge < -0.3 is 0 Å². The molecule has 41 valence electrons. The molecule has 0 aromatic heterocycles. The third-order valence-corrected chi connectivity index (χ3v) is 0. The second kappa shape index (κ2) is 5.46. The van der Waals surface area contributed by atoms with E-state index in [4.69, 9.17) is 17.5 Å². The van der Waals surface area contributed by atoms with Crippen LogP contribution in [-0.2, 0) is 10.4 Å². The minimum Gasteiger partial charge on any atom is -0.264 e. The van der Waals surface area contributed by atoms with E-state index in [1.54, 1.807) is 0 Å². The van der Waals surface area contributed by atoms with Gasteiger partial charge in [-0.1, -0.05) is 0 Å². The molecule has 2 N–H and O–H groups in total. The van der Waals surface area contributed by atoms with E-state index in [9.17, 15) is 0 Å². The first-order chi connectivity index (χ1) is 2.00. The molecule has 0 saturated carbocycles. The van der Waals surface area contributed by atoms with Gasteiger partial charge in [-0.2, -0.15) is 8.42 Å². The normalized spacial score (nSPS) is 8.29. The summed E-state index contributed by atoms with van der Waals surface area (Å²) in [5, 5.41) is 0. The van der Waals surface area contributed by atoms with E-state index in [-0.39, 0.29) is 44.7 Å². The summed E-state index contributed by atoms with van der Waals surface area (Å²) in [5.41, 5.74) is 0. The zero-order valence-corrected chi connectivity index (χ0v) is 8.00. The van der Waals surface area contributed by atoms with Crippen LogP contribution >= 0.6 is 0 Å². The van der Waals surface area contributed by atoms with Gasteiger partial charge in [0, 0.05) is 27.3 Å². The van der Waals surface area contributed by atoms with Crippen molar-refractivity contribution in [1.29, 1.82) is 0 Å². The molecule has 0 heterocycles. The predicted molar refractivity (Wildman–Crippen MR) is 29.9 cm³/mol. The molecule has 0 bridgehead atoms. The Morgan fingerprint density at radius 2 is 1.14 bits per heavy atom. The number of hydrogen-bond donors (Lipinski definition) is 2. The van der Waals surface area contributed by atoms with E-state index >= 15 is 0 Å². The molecule has 0 aromatic carbocycles. The van der Waals surface area contributed by atoms with E-state index < -0.39 is 10.4 Å². The van der Waals surface area contributed by atoms with E-state index in [1.165, 1.54) is 0 Å². The Labute approximate surface area is 72.2 Å². The Bertz CT molecular complexity index is 94.9. The average Bonchev–Trinajstić information content (AvgIpc) is 0.722. The van der Waals surface area contributed by atoms with Gasteiger partial charge >= 0.3 is 10.4 Å². The third-order valence-electron chi connectivity index (χ3n) is 0. The zero-order chi connectivity index (χ0) is 4.50. The monoisotopic (exact) mass is 333 g/mol. The molecule has 7 heavy (non-hydrogen) atoms. The SMILES string of the molecule is O=S(=O)(O)O.[AlH3].[Tl]. The first-order valence-electron chi connectivity index (χ1n) is 0.698. The first-order valence-corrected chi connectivity index (χ1v) is 2.10. The summed E-state index contributed by atoms with van der Waals surface area (Å²) in [6, 6.07) is 0. The van der Waals surface area contributed by atoms with Crippen molar-refractivity contribution >= 4 is 55.1 Å². The van der Waals surface area contributed by atoms with Crippen LogP contribution in [0.4, 0.5) is 0 Å². The number of hydrogen-bond acceptors (Lipinski definition) is 2. The summed E-state index contributed by atoms with van der Waals surface area (Å²) in [6.45, 7) is 0. The summed E-state index contributed by atoms with van der Waals surface area (Å²) in [6.07, 6.45) is 0. The molecular weight excluding hydrogens is 327 g/mol. The average molecular weight is 332 g/mol. The summed E-state index contributed by atoms with van der Waals surface area (Å²) in [5.74, 6) is 0. The van der Waals surface area contributed by atoms with Gasteiger partial charge in [-0.3, -0.25) is 9.11 Å². The van der Waals surface area contributed by atoms with Crippen molar-refractivity contribution in [2.75, 3.05) is 0 Å². The smallest absolute Gasteiger partial charge is 0.264 e. The van der Waals surface area contributed by atoms with Gasteiger partial charge in [0.1, 0.15) is 0 Å². The minimum atomic E-state index is -4.67. The van der Waals surface area contributed by atoms with Gasteiger partial charge in [0.15, 0.2) is 17.4 Å². The maximum absolute atomic E-state index is 8.74. The minimum absolute atomic E-state index is 0. The first kappa shape index (κ1) is 15.8. The van der Waals surface area contributed by atoms with Crippen molar-refractivity contribution in [3.63, 3.8) is 0 Å². The van der Waals surface area contributed by atoms with Crippen LogP contribution in [0.2, 0.25) is 0 Å². The number of rotatable bonds is 0. The molecule has 0 amide bonds. The Hall–Kier alpha value is 1.32. The summed E-state index contributed by atoms with van der Waals surface area (Å²) >= 11 is 0. The molecule has 0 aliphatic carbocycles. The van der Waals surface area contributed by atoms with E-state index in [0.717, 1.165) is 0 Å². The fourth-order valence-corrected chi connectivity index (χ4v) is 0. The van der Waals surface area contributed by atoms with Crippen LogP contribution in [0.3, 0.4) is 0 Å². The van der Waals surface area contributed by atoms with Crippen LogP contribution in [0, 0.1) is 0 Å². The van der Waals surface area contributed by atoms with Gasteiger partial charge in [-0.05, 0) is 0 Å². The van der Waals surface area contributed by atoms with Crippen molar-refractivity contribution < 1.29 is 17.5 Å². The Balaban J connectivity index is -0.0000000800. The molecule has 0 aliphatic heterocycles. The van der Waals surface area contributed by atoms with Gasteiger partial charge in [0.25, 0.3) is 0 Å². The molecule has 0 atom stereocenters. The Morgan fingerprint density at radius 3 is 1.14 bits per heavy atom. The van der Waals surface area contributed by atoms with E-state index in [0.29, 0.717) is 0 Å². The summed E-state index contributed by atoms with van der Waals surface area (Å²) in [4.78, 5) is 0. The zero-order valence-electron chi connectivity index (χ0n) is 2.70. The molecule has 1 radical (unpaired) electrons. The molecule has 7 heteroatoms. The molecule has 0 aromatic rings. The summed E-state index contributed by atoms with van der Waals surface area (Å²) < 4.78 is 31.6. The van der Waals surface area contributed by atoms with Gasteiger partial charge in [0.2, 0.25) is 0 Å². The van der Waals surface area contributed by atoms with Gasteiger partial charge in [-0.25, -0.2) is 0 Å². The van der Waals surface area contributed by atoms with Crippen LogP contribution in [0.1, 0.15) is 0 Å². The second-order valence-corrected chi connectivity index (χ2v) is 1.34. The predicted octanol–water partition coefficient (Wildman–Crippen LogP) is -2.22. The quantitative estimate of drug-likeness (QED) is 0.389. The van der Waals surface area contributed by atoms with Crippen molar-refractivity contribution in [2.45, 2.75) is 0 Å². The molecule has 0 saturated heterocycles. The van der Waals surface area contributed by atoms with Gasteiger partial charge in [0.05, 0.1) is 0 Å². The maximum atomic E-state index is 8.74. The van der Waals surface area contributed by atoms with Crippen molar-refractivity contribution in [3.8, 4) is 0 Å². The molecule has 0 spiro atoms. The van der Waals surface area contributed by atoms with Gasteiger partial charge in [-0.15, -0.1) is 0 Å². The van der Waals surface area contributed by atoms with Crippen LogP contribution in [-0.4, -0.2) is 62.2 Å². The van der Waals surface area contributed by atoms with Crippen LogP contribution in [0.15, 0.2) is 0 Å². The maximum Gasteiger partial charge on any atom is 0.394 e. The van der Waals surface area contributed by atoms with Crippen molar-refractivity contribution in [1.82, 2.24) is 0 Å². The third kappa shape index (κ3) is 118. The molecule has 0 fully saturated rings. The van der Waals surface area contributed by atoms with Crippen LogP contribution in [0.25, 0.3) is 0 Å². The second-order valence-electron chi connectivity index (χ2n) is 0.448. The van der Waals surface area contributed by atoms with Crippen molar-refractivity contribution in [3.05, 3.63) is 0 Å². The standard InChI is InChI=1S/Al.H2O4S.Tl.3H/c;1-5(2,3)4;;;;/h;(H2,1,2,3,4);;;;. The van der Waals surface area contributed by atoms with E-state index in [1.807, 2.05) is 0 Å². The Kier molecular flexibility index (Phi) is 12.3. The molecule has 4 nitrogen and oxygen atoms in total. The van der Waals surface area contributed by atoms with Crippen LogP contribution < -0.4 is 0 Å². The van der Waals surface area contributed by atoms with Crippen LogP contribution in [0.5, 0.6) is 0 Å². The molecule has 0 aliphatic rings. The largest absolute Gasteiger partial charge is 0.394 e. The Morgan fingerprint density at radius 1 is 1.14 bits per heavy atom. The fraction of sp³-hybridized carbons (Fsp3) is 0. The topological polar surface area (TPSA) is 74.6 Å². The molecular formula is H5AlO4STl.